The highest BCUT2D eigenvalue weighted by molar-refractivity contribution is 4.94. The summed E-state index contributed by atoms with van der Waals surface area (Å²) in [5, 5.41) is 18.2. The van der Waals surface area contributed by atoms with E-state index in [4.69, 9.17) is 5.11 Å². The van der Waals surface area contributed by atoms with Gasteiger partial charge in [-0.15, -0.1) is 0 Å². The van der Waals surface area contributed by atoms with Gasteiger partial charge in [-0.05, 0) is 19.3 Å². The van der Waals surface area contributed by atoms with Crippen LogP contribution in [0.4, 0.5) is 0 Å². The average Bonchev–Trinajstić information content (AvgIpc) is 1.83. The zero-order valence-corrected chi connectivity index (χ0v) is 5.09. The number of aliphatic hydroxyl groups is 2. The molecule has 1 fully saturated rings. The van der Waals surface area contributed by atoms with Gasteiger partial charge in [-0.1, -0.05) is 6.92 Å². The number of aliphatic hydroxyl groups excluding tert-OH is 1. The van der Waals surface area contributed by atoms with Gasteiger partial charge in [0.1, 0.15) is 0 Å². The minimum atomic E-state index is -0.722. The van der Waals surface area contributed by atoms with Crippen molar-refractivity contribution < 1.29 is 10.2 Å². The summed E-state index contributed by atoms with van der Waals surface area (Å²) in [5.41, 5.74) is -0.722. The standard InChI is InChI=1S/C6H12O2/c1-2-6(8)4-3-5(6)7/h5,7-8H,2-4H2,1H3/t5-,6+/m0/s1. The van der Waals surface area contributed by atoms with Crippen LogP contribution >= 0.6 is 0 Å². The van der Waals surface area contributed by atoms with E-state index in [-0.39, 0.29) is 0 Å². The molecule has 2 nitrogen and oxygen atoms in total. The molecule has 1 aliphatic carbocycles. The van der Waals surface area contributed by atoms with Gasteiger partial charge in [-0.25, -0.2) is 0 Å². The zero-order valence-electron chi connectivity index (χ0n) is 5.09. The Balaban J connectivity index is 2.42. The second kappa shape index (κ2) is 1.71. The second-order valence-corrected chi connectivity index (χ2v) is 2.51. The van der Waals surface area contributed by atoms with Gasteiger partial charge in [-0.2, -0.15) is 0 Å². The van der Waals surface area contributed by atoms with E-state index in [1.807, 2.05) is 6.92 Å². The molecule has 0 bridgehead atoms. The molecular weight excluding hydrogens is 104 g/mol. The second-order valence-electron chi connectivity index (χ2n) is 2.51. The van der Waals surface area contributed by atoms with E-state index in [9.17, 15) is 5.11 Å². The molecule has 0 amide bonds. The minimum absolute atomic E-state index is 0.451. The van der Waals surface area contributed by atoms with Crippen molar-refractivity contribution in [2.24, 2.45) is 0 Å². The van der Waals surface area contributed by atoms with Gasteiger partial charge in [0.05, 0.1) is 11.7 Å². The molecule has 0 spiro atoms. The van der Waals surface area contributed by atoms with E-state index in [1.165, 1.54) is 0 Å². The lowest BCUT2D eigenvalue weighted by atomic mass is 9.75. The van der Waals surface area contributed by atoms with Crippen molar-refractivity contribution in [3.8, 4) is 0 Å². The molecule has 1 aliphatic rings. The van der Waals surface area contributed by atoms with Crippen LogP contribution in [-0.4, -0.2) is 21.9 Å². The highest BCUT2D eigenvalue weighted by atomic mass is 16.3. The van der Waals surface area contributed by atoms with E-state index >= 15 is 0 Å². The number of hydrogen-bond donors (Lipinski definition) is 2. The largest absolute Gasteiger partial charge is 0.390 e. The predicted molar refractivity (Wildman–Crippen MR) is 30.5 cm³/mol. The summed E-state index contributed by atoms with van der Waals surface area (Å²) >= 11 is 0. The Morgan fingerprint density at radius 3 is 2.38 bits per heavy atom. The monoisotopic (exact) mass is 116 g/mol. The zero-order chi connectivity index (χ0) is 6.20. The Labute approximate surface area is 49.1 Å². The highest BCUT2D eigenvalue weighted by Crippen LogP contribution is 2.34. The quantitative estimate of drug-likeness (QED) is 0.516. The Bertz CT molecular complexity index is 88.5. The van der Waals surface area contributed by atoms with Crippen LogP contribution in [-0.2, 0) is 0 Å². The lowest BCUT2D eigenvalue weighted by molar-refractivity contribution is -0.145. The van der Waals surface area contributed by atoms with Gasteiger partial charge in [-0.3, -0.25) is 0 Å². The summed E-state index contributed by atoms with van der Waals surface area (Å²) in [4.78, 5) is 0. The number of rotatable bonds is 1. The summed E-state index contributed by atoms with van der Waals surface area (Å²) in [5.74, 6) is 0. The molecule has 8 heavy (non-hydrogen) atoms. The third kappa shape index (κ3) is 0.644. The molecule has 0 aromatic heterocycles. The first-order valence-electron chi connectivity index (χ1n) is 3.09. The van der Waals surface area contributed by atoms with Gasteiger partial charge >= 0.3 is 0 Å². The summed E-state index contributed by atoms with van der Waals surface area (Å²) in [6.45, 7) is 1.89. The third-order valence-corrected chi connectivity index (χ3v) is 2.08. The number of hydrogen-bond acceptors (Lipinski definition) is 2. The van der Waals surface area contributed by atoms with Crippen LogP contribution in [0.2, 0.25) is 0 Å². The lowest BCUT2D eigenvalue weighted by Gasteiger charge is -2.41. The van der Waals surface area contributed by atoms with Crippen LogP contribution in [0.25, 0.3) is 0 Å². The van der Waals surface area contributed by atoms with Crippen molar-refractivity contribution in [3.63, 3.8) is 0 Å². The van der Waals surface area contributed by atoms with Crippen LogP contribution in [0.1, 0.15) is 26.2 Å². The van der Waals surface area contributed by atoms with Crippen LogP contribution < -0.4 is 0 Å². The molecule has 2 N–H and O–H groups in total. The van der Waals surface area contributed by atoms with Gasteiger partial charge in [0.25, 0.3) is 0 Å². The van der Waals surface area contributed by atoms with Gasteiger partial charge in [0, 0.05) is 0 Å². The highest BCUT2D eigenvalue weighted by Gasteiger charge is 2.42. The first-order valence-corrected chi connectivity index (χ1v) is 3.09. The smallest absolute Gasteiger partial charge is 0.0903 e. The molecule has 0 heterocycles. The fourth-order valence-electron chi connectivity index (χ4n) is 1.02. The average molecular weight is 116 g/mol. The van der Waals surface area contributed by atoms with Crippen molar-refractivity contribution >= 4 is 0 Å². The molecule has 2 atom stereocenters. The topological polar surface area (TPSA) is 40.5 Å². The van der Waals surface area contributed by atoms with E-state index in [0.717, 1.165) is 12.8 Å². The fraction of sp³-hybridized carbons (Fsp3) is 1.00. The first kappa shape index (κ1) is 6.05. The van der Waals surface area contributed by atoms with Crippen LogP contribution in [0.3, 0.4) is 0 Å². The van der Waals surface area contributed by atoms with Crippen molar-refractivity contribution in [3.05, 3.63) is 0 Å². The molecule has 0 unspecified atom stereocenters. The van der Waals surface area contributed by atoms with E-state index in [2.05, 4.69) is 0 Å². The van der Waals surface area contributed by atoms with Crippen LogP contribution in [0, 0.1) is 0 Å². The minimum Gasteiger partial charge on any atom is -0.390 e. The maximum Gasteiger partial charge on any atom is 0.0903 e. The third-order valence-electron chi connectivity index (χ3n) is 2.08. The normalized spacial score (nSPS) is 46.1. The van der Waals surface area contributed by atoms with Crippen LogP contribution in [0.5, 0.6) is 0 Å². The summed E-state index contributed by atoms with van der Waals surface area (Å²) in [7, 11) is 0. The predicted octanol–water partition coefficient (Wildman–Crippen LogP) is 0.282. The molecule has 1 rings (SSSR count). The summed E-state index contributed by atoms with van der Waals surface area (Å²) in [6.07, 6.45) is 1.76. The maximum atomic E-state index is 9.24. The molecule has 48 valence electrons. The Morgan fingerprint density at radius 1 is 1.75 bits per heavy atom. The van der Waals surface area contributed by atoms with E-state index in [1.54, 1.807) is 0 Å². The molecule has 0 saturated heterocycles. The molecule has 1 saturated carbocycles. The molecular formula is C6H12O2. The van der Waals surface area contributed by atoms with E-state index in [0.29, 0.717) is 6.42 Å². The van der Waals surface area contributed by atoms with Crippen molar-refractivity contribution in [2.75, 3.05) is 0 Å². The molecule has 0 aliphatic heterocycles. The molecule has 0 aromatic rings. The first-order chi connectivity index (χ1) is 3.69. The Morgan fingerprint density at radius 2 is 2.38 bits per heavy atom. The summed E-state index contributed by atoms with van der Waals surface area (Å²) in [6, 6.07) is 0. The SMILES string of the molecule is CC[C@@]1(O)CC[C@@H]1O. The Kier molecular flexibility index (Phi) is 1.29. The van der Waals surface area contributed by atoms with Crippen LogP contribution in [0.15, 0.2) is 0 Å². The maximum absolute atomic E-state index is 9.24. The molecule has 0 radical (unpaired) electrons. The summed E-state index contributed by atoms with van der Waals surface area (Å²) < 4.78 is 0. The van der Waals surface area contributed by atoms with Gasteiger partial charge < -0.3 is 10.2 Å². The van der Waals surface area contributed by atoms with Crippen molar-refractivity contribution in [2.45, 2.75) is 37.9 Å². The van der Waals surface area contributed by atoms with Crippen molar-refractivity contribution in [1.29, 1.82) is 0 Å². The van der Waals surface area contributed by atoms with Crippen molar-refractivity contribution in [1.82, 2.24) is 0 Å². The van der Waals surface area contributed by atoms with E-state index < -0.39 is 11.7 Å². The molecule has 0 aromatic carbocycles. The molecule has 2 heteroatoms. The van der Waals surface area contributed by atoms with Gasteiger partial charge in [0.15, 0.2) is 0 Å². The lowest BCUT2D eigenvalue weighted by Crippen LogP contribution is -2.50. The Hall–Kier alpha value is -0.0800. The van der Waals surface area contributed by atoms with Gasteiger partial charge in [0.2, 0.25) is 0 Å². The fourth-order valence-corrected chi connectivity index (χ4v) is 1.02.